The fourth-order valence-electron chi connectivity index (χ4n) is 1.78. The van der Waals surface area contributed by atoms with Gasteiger partial charge in [-0.2, -0.15) is 8.78 Å². The summed E-state index contributed by atoms with van der Waals surface area (Å²) in [5, 5.41) is 3.25. The molecule has 2 rings (SSSR count). The summed E-state index contributed by atoms with van der Waals surface area (Å²) in [6.45, 7) is 0. The van der Waals surface area contributed by atoms with E-state index in [1.165, 1.54) is 0 Å². The fourth-order valence-corrected chi connectivity index (χ4v) is 2.34. The van der Waals surface area contributed by atoms with Gasteiger partial charge in [-0.15, -0.1) is 0 Å². The van der Waals surface area contributed by atoms with Crippen LogP contribution in [0.25, 0.3) is 0 Å². The molecule has 1 saturated carbocycles. The first-order valence-corrected chi connectivity index (χ1v) is 5.78. The van der Waals surface area contributed by atoms with Gasteiger partial charge in [-0.05, 0) is 37.6 Å². The highest BCUT2D eigenvalue weighted by Crippen LogP contribution is 2.45. The summed E-state index contributed by atoms with van der Waals surface area (Å²) in [6, 6.07) is 7.43. The largest absolute Gasteiger partial charge is 0.310 e. The van der Waals surface area contributed by atoms with Crippen molar-refractivity contribution in [3.8, 4) is 0 Å². The van der Waals surface area contributed by atoms with Crippen LogP contribution in [0.5, 0.6) is 0 Å². The molecule has 0 bridgehead atoms. The Morgan fingerprint density at radius 2 is 2.13 bits per heavy atom. The minimum Gasteiger partial charge on any atom is -0.310 e. The number of alkyl halides is 2. The molecule has 4 heteroatoms. The third-order valence-corrected chi connectivity index (χ3v) is 3.54. The Balaban J connectivity index is 2.19. The van der Waals surface area contributed by atoms with Crippen LogP contribution < -0.4 is 5.32 Å². The molecule has 1 aromatic carbocycles. The van der Waals surface area contributed by atoms with Crippen LogP contribution in [0.3, 0.4) is 0 Å². The van der Waals surface area contributed by atoms with Crippen LogP contribution in [0.15, 0.2) is 29.2 Å². The highest BCUT2D eigenvalue weighted by Gasteiger charge is 2.42. The summed E-state index contributed by atoms with van der Waals surface area (Å²) in [5.41, 5.74) is 1.18. The molecule has 82 valence electrons. The monoisotopic (exact) mass is 229 g/mol. The SMILES string of the molecule is CNC1(c2cccc(SC(F)F)c2)CC1. The lowest BCUT2D eigenvalue weighted by Crippen LogP contribution is -2.24. The number of hydrogen-bond acceptors (Lipinski definition) is 2. The predicted octanol–water partition coefficient (Wildman–Crippen LogP) is 3.21. The zero-order valence-electron chi connectivity index (χ0n) is 8.47. The number of benzene rings is 1. The van der Waals surface area contributed by atoms with Gasteiger partial charge in [0.1, 0.15) is 0 Å². The number of rotatable bonds is 4. The Morgan fingerprint density at radius 1 is 1.40 bits per heavy atom. The van der Waals surface area contributed by atoms with Crippen molar-refractivity contribution in [1.29, 1.82) is 0 Å². The van der Waals surface area contributed by atoms with Crippen molar-refractivity contribution in [2.45, 2.75) is 29.0 Å². The van der Waals surface area contributed by atoms with Crippen molar-refractivity contribution in [2.75, 3.05) is 7.05 Å². The van der Waals surface area contributed by atoms with Crippen molar-refractivity contribution in [3.05, 3.63) is 29.8 Å². The molecule has 1 aromatic rings. The molecule has 0 heterocycles. The summed E-state index contributed by atoms with van der Waals surface area (Å²) < 4.78 is 24.4. The van der Waals surface area contributed by atoms with Gasteiger partial charge in [-0.25, -0.2) is 0 Å². The molecular weight excluding hydrogens is 216 g/mol. The smallest absolute Gasteiger partial charge is 0.288 e. The van der Waals surface area contributed by atoms with E-state index in [4.69, 9.17) is 0 Å². The first kappa shape index (κ1) is 10.9. The van der Waals surface area contributed by atoms with Crippen LogP contribution in [0.4, 0.5) is 8.78 Å². The van der Waals surface area contributed by atoms with E-state index in [2.05, 4.69) is 5.32 Å². The molecular formula is C11H13F2NS. The average molecular weight is 229 g/mol. The Hall–Kier alpha value is -0.610. The highest BCUT2D eigenvalue weighted by molar-refractivity contribution is 7.99. The third-order valence-electron chi connectivity index (χ3n) is 2.84. The molecule has 0 spiro atoms. The van der Waals surface area contributed by atoms with Crippen LogP contribution >= 0.6 is 11.8 Å². The van der Waals surface area contributed by atoms with Gasteiger partial charge in [0.15, 0.2) is 0 Å². The summed E-state index contributed by atoms with van der Waals surface area (Å²) in [6.07, 6.45) is 2.18. The lowest BCUT2D eigenvalue weighted by molar-refractivity contribution is 0.252. The maximum atomic E-state index is 12.2. The number of thioether (sulfide) groups is 1. The van der Waals surface area contributed by atoms with Gasteiger partial charge < -0.3 is 5.32 Å². The Kier molecular flexibility index (Phi) is 2.98. The van der Waals surface area contributed by atoms with Crippen molar-refractivity contribution in [2.24, 2.45) is 0 Å². The fraction of sp³-hybridized carbons (Fsp3) is 0.455. The number of halogens is 2. The molecule has 0 radical (unpaired) electrons. The maximum Gasteiger partial charge on any atom is 0.288 e. The second-order valence-corrected chi connectivity index (χ2v) is 4.80. The summed E-state index contributed by atoms with van der Waals surface area (Å²) in [4.78, 5) is 0.643. The van der Waals surface area contributed by atoms with Gasteiger partial charge in [-0.3, -0.25) is 0 Å². The molecule has 15 heavy (non-hydrogen) atoms. The van der Waals surface area contributed by atoms with E-state index < -0.39 is 5.76 Å². The number of hydrogen-bond donors (Lipinski definition) is 1. The molecule has 1 nitrogen and oxygen atoms in total. The Bertz CT molecular complexity index is 350. The van der Waals surface area contributed by atoms with E-state index in [0.717, 1.165) is 18.4 Å². The van der Waals surface area contributed by atoms with E-state index in [1.54, 1.807) is 6.07 Å². The van der Waals surface area contributed by atoms with E-state index >= 15 is 0 Å². The zero-order valence-corrected chi connectivity index (χ0v) is 9.28. The highest BCUT2D eigenvalue weighted by atomic mass is 32.2. The van der Waals surface area contributed by atoms with Crippen LogP contribution in [-0.2, 0) is 5.54 Å². The van der Waals surface area contributed by atoms with Crippen molar-refractivity contribution in [3.63, 3.8) is 0 Å². The third kappa shape index (κ3) is 2.32. The molecule has 1 N–H and O–H groups in total. The molecule has 1 fully saturated rings. The minimum atomic E-state index is -2.34. The summed E-state index contributed by atoms with van der Waals surface area (Å²) in [7, 11) is 1.92. The van der Waals surface area contributed by atoms with E-state index in [0.29, 0.717) is 16.7 Å². The second-order valence-electron chi connectivity index (χ2n) is 3.74. The van der Waals surface area contributed by atoms with Gasteiger partial charge in [-0.1, -0.05) is 23.9 Å². The van der Waals surface area contributed by atoms with Crippen LogP contribution in [0.2, 0.25) is 0 Å². The van der Waals surface area contributed by atoms with Gasteiger partial charge >= 0.3 is 0 Å². The van der Waals surface area contributed by atoms with Gasteiger partial charge in [0, 0.05) is 10.4 Å². The number of nitrogens with one attached hydrogen (secondary N) is 1. The average Bonchev–Trinajstić information content (AvgIpc) is 2.97. The molecule has 1 aliphatic carbocycles. The lowest BCUT2D eigenvalue weighted by Gasteiger charge is -2.15. The first-order valence-electron chi connectivity index (χ1n) is 4.90. The van der Waals surface area contributed by atoms with Crippen LogP contribution in [0.1, 0.15) is 18.4 Å². The van der Waals surface area contributed by atoms with E-state index in [-0.39, 0.29) is 5.54 Å². The van der Waals surface area contributed by atoms with Crippen molar-refractivity contribution in [1.82, 2.24) is 5.32 Å². The van der Waals surface area contributed by atoms with Gasteiger partial charge in [0.25, 0.3) is 5.76 Å². The molecule has 1 aliphatic rings. The zero-order chi connectivity index (χ0) is 10.9. The maximum absolute atomic E-state index is 12.2. The quantitative estimate of drug-likeness (QED) is 0.796. The Labute approximate surface area is 92.3 Å². The topological polar surface area (TPSA) is 12.0 Å². The minimum absolute atomic E-state index is 0.0543. The molecule has 0 aliphatic heterocycles. The van der Waals surface area contributed by atoms with E-state index in [9.17, 15) is 8.78 Å². The van der Waals surface area contributed by atoms with Crippen molar-refractivity contribution >= 4 is 11.8 Å². The predicted molar refractivity (Wildman–Crippen MR) is 58.3 cm³/mol. The molecule has 0 atom stereocenters. The second kappa shape index (κ2) is 4.10. The first-order chi connectivity index (χ1) is 7.16. The molecule has 0 unspecified atom stereocenters. The molecule has 0 saturated heterocycles. The molecule has 0 amide bonds. The van der Waals surface area contributed by atoms with Gasteiger partial charge in [0.05, 0.1) is 0 Å². The van der Waals surface area contributed by atoms with Crippen LogP contribution in [0, 0.1) is 0 Å². The summed E-state index contributed by atoms with van der Waals surface area (Å²) >= 11 is 0.606. The van der Waals surface area contributed by atoms with Crippen molar-refractivity contribution < 1.29 is 8.78 Å². The van der Waals surface area contributed by atoms with Crippen LogP contribution in [-0.4, -0.2) is 12.8 Å². The van der Waals surface area contributed by atoms with E-state index in [1.807, 2.05) is 25.2 Å². The van der Waals surface area contributed by atoms with Gasteiger partial charge in [0.2, 0.25) is 0 Å². The molecule has 0 aromatic heterocycles. The summed E-state index contributed by atoms with van der Waals surface area (Å²) in [5.74, 6) is -2.34. The Morgan fingerprint density at radius 3 is 2.67 bits per heavy atom. The normalized spacial score (nSPS) is 18.1. The lowest BCUT2D eigenvalue weighted by atomic mass is 10.1. The standard InChI is InChI=1S/C11H13F2NS/c1-14-11(5-6-11)8-3-2-4-9(7-8)15-10(12)13/h2-4,7,10,14H,5-6H2,1H3.